The third kappa shape index (κ3) is 5.34. The predicted octanol–water partition coefficient (Wildman–Crippen LogP) is 2.41. The third-order valence-electron chi connectivity index (χ3n) is 6.13. The van der Waals surface area contributed by atoms with Gasteiger partial charge in [-0.3, -0.25) is 4.79 Å². The number of aliphatic hydroxyl groups is 2. The number of thiocarbonyl (C=S) groups is 1. The van der Waals surface area contributed by atoms with Crippen LogP contribution in [0, 0.1) is 23.1 Å². The summed E-state index contributed by atoms with van der Waals surface area (Å²) < 4.78 is 13.4. The number of nitriles is 1. The highest BCUT2D eigenvalue weighted by molar-refractivity contribution is 7.80. The number of carbonyl (C=O) groups is 1. The summed E-state index contributed by atoms with van der Waals surface area (Å²) in [5.74, 6) is -0.449. The number of rotatable bonds is 7. The Labute approximate surface area is 181 Å². The van der Waals surface area contributed by atoms with Gasteiger partial charge in [-0.15, -0.1) is 0 Å². The molecule has 162 valence electrons. The Bertz CT molecular complexity index is 814. The van der Waals surface area contributed by atoms with Gasteiger partial charge >= 0.3 is 0 Å². The molecular weight excluding hydrogens is 405 g/mol. The highest BCUT2D eigenvalue weighted by Crippen LogP contribution is 2.29. The minimum absolute atomic E-state index is 0.322. The maximum atomic E-state index is 13.4. The maximum Gasteiger partial charge on any atom is 0.254 e. The van der Waals surface area contributed by atoms with Gasteiger partial charge in [0.15, 0.2) is 6.10 Å². The van der Waals surface area contributed by atoms with E-state index >= 15 is 0 Å². The van der Waals surface area contributed by atoms with Crippen molar-refractivity contribution in [1.82, 2.24) is 4.90 Å². The highest BCUT2D eigenvalue weighted by Gasteiger charge is 2.32. The quantitative estimate of drug-likeness (QED) is 0.642. The van der Waals surface area contributed by atoms with E-state index in [2.05, 4.69) is 11.0 Å². The van der Waals surface area contributed by atoms with E-state index in [4.69, 9.17) is 12.2 Å². The zero-order valence-corrected chi connectivity index (χ0v) is 17.8. The van der Waals surface area contributed by atoms with Crippen LogP contribution < -0.4 is 4.90 Å². The van der Waals surface area contributed by atoms with E-state index in [0.717, 1.165) is 50.9 Å². The molecule has 0 spiro atoms. The minimum atomic E-state index is -1.49. The first kappa shape index (κ1) is 22.6. The van der Waals surface area contributed by atoms with Crippen LogP contribution in [0.3, 0.4) is 0 Å². The number of amides is 1. The summed E-state index contributed by atoms with van der Waals surface area (Å²) in [6.07, 6.45) is 2.10. The van der Waals surface area contributed by atoms with Crippen molar-refractivity contribution in [3.8, 4) is 6.07 Å². The number of hydrogen-bond donors (Lipinski definition) is 2. The average molecular weight is 434 g/mol. The van der Waals surface area contributed by atoms with Gasteiger partial charge in [0.1, 0.15) is 18.0 Å². The second-order valence-electron chi connectivity index (χ2n) is 8.13. The van der Waals surface area contributed by atoms with Crippen LogP contribution in [0.5, 0.6) is 0 Å². The molecule has 2 atom stereocenters. The molecule has 0 unspecified atom stereocenters. The molecule has 8 heteroatoms. The zero-order chi connectivity index (χ0) is 21.7. The van der Waals surface area contributed by atoms with Crippen molar-refractivity contribution in [3.63, 3.8) is 0 Å². The zero-order valence-electron chi connectivity index (χ0n) is 17.0. The van der Waals surface area contributed by atoms with Gasteiger partial charge < -0.3 is 20.0 Å². The highest BCUT2D eigenvalue weighted by atomic mass is 32.1. The first-order chi connectivity index (χ1) is 14.4. The van der Waals surface area contributed by atoms with E-state index < -0.39 is 23.9 Å². The molecule has 0 bridgehead atoms. The van der Waals surface area contributed by atoms with Crippen molar-refractivity contribution in [2.24, 2.45) is 5.92 Å². The Morgan fingerprint density at radius 2 is 1.87 bits per heavy atom. The van der Waals surface area contributed by atoms with Crippen molar-refractivity contribution in [2.75, 3.05) is 31.1 Å². The van der Waals surface area contributed by atoms with Crippen molar-refractivity contribution in [1.29, 1.82) is 5.26 Å². The second-order valence-corrected chi connectivity index (χ2v) is 8.66. The number of aliphatic hydroxyl groups excluding tert-OH is 2. The molecule has 2 aliphatic rings. The van der Waals surface area contributed by atoms with Gasteiger partial charge in [0, 0.05) is 31.0 Å². The molecule has 0 saturated carbocycles. The molecule has 6 nitrogen and oxygen atoms in total. The molecule has 2 N–H and O–H groups in total. The van der Waals surface area contributed by atoms with Crippen molar-refractivity contribution in [2.45, 2.75) is 50.7 Å². The fourth-order valence-corrected chi connectivity index (χ4v) is 4.51. The van der Waals surface area contributed by atoms with Gasteiger partial charge in [-0.25, -0.2) is 4.39 Å². The van der Waals surface area contributed by atoms with Crippen LogP contribution in [0.15, 0.2) is 18.2 Å². The lowest BCUT2D eigenvalue weighted by Gasteiger charge is -2.34. The fourth-order valence-electron chi connectivity index (χ4n) is 4.27. The summed E-state index contributed by atoms with van der Waals surface area (Å²) >= 11 is 5.30. The van der Waals surface area contributed by atoms with E-state index in [9.17, 15) is 24.7 Å². The maximum absolute atomic E-state index is 13.4. The number of carbonyl (C=O) groups excluding carboxylic acids is 1. The Kier molecular flexibility index (Phi) is 7.75. The molecule has 0 radical (unpaired) electrons. The monoisotopic (exact) mass is 433 g/mol. The van der Waals surface area contributed by atoms with E-state index in [1.807, 2.05) is 0 Å². The summed E-state index contributed by atoms with van der Waals surface area (Å²) in [6.45, 7) is 2.76. The van der Waals surface area contributed by atoms with E-state index in [1.165, 1.54) is 12.1 Å². The van der Waals surface area contributed by atoms with Crippen LogP contribution >= 0.6 is 12.2 Å². The SMILES string of the molecule is N#Cc1cc(F)ccc1N1CCC(CCC(=S)[C@H](O)[C@@H](O)C(=O)N2CCCC2)CC1. The normalized spacial score (nSPS) is 19.4. The standard InChI is InChI=1S/C22H28FN3O3S/c23-17-4-5-18(16(13-17)14-24)25-11-7-15(8-12-25)3-6-19(30)20(27)21(28)22(29)26-9-1-2-10-26/h4-5,13,15,20-21,27-28H,1-3,6-12H2/t20-,21+/m0/s1. The predicted molar refractivity (Wildman–Crippen MR) is 116 cm³/mol. The molecule has 1 amide bonds. The van der Waals surface area contributed by atoms with Crippen LogP contribution in [0.2, 0.25) is 0 Å². The summed E-state index contributed by atoms with van der Waals surface area (Å²) in [5, 5.41) is 29.8. The Balaban J connectivity index is 1.45. The number of nitrogens with zero attached hydrogens (tertiary/aromatic N) is 3. The van der Waals surface area contributed by atoms with Gasteiger partial charge in [0.05, 0.1) is 11.3 Å². The number of likely N-dealkylation sites (tertiary alicyclic amines) is 1. The van der Waals surface area contributed by atoms with Crippen molar-refractivity contribution in [3.05, 3.63) is 29.6 Å². The first-order valence-electron chi connectivity index (χ1n) is 10.5. The van der Waals surface area contributed by atoms with Crippen LogP contribution in [0.4, 0.5) is 10.1 Å². The number of piperidine rings is 1. The number of halogens is 1. The molecule has 1 aromatic rings. The summed E-state index contributed by atoms with van der Waals surface area (Å²) in [7, 11) is 0. The first-order valence-corrected chi connectivity index (χ1v) is 10.9. The fraction of sp³-hybridized carbons (Fsp3) is 0.591. The lowest BCUT2D eigenvalue weighted by atomic mass is 9.90. The minimum Gasteiger partial charge on any atom is -0.385 e. The second kappa shape index (κ2) is 10.3. The molecule has 0 aliphatic carbocycles. The third-order valence-corrected chi connectivity index (χ3v) is 6.58. The smallest absolute Gasteiger partial charge is 0.254 e. The molecule has 2 saturated heterocycles. The summed E-state index contributed by atoms with van der Waals surface area (Å²) in [5.41, 5.74) is 1.10. The largest absolute Gasteiger partial charge is 0.385 e. The van der Waals surface area contributed by atoms with Crippen LogP contribution in [0.1, 0.15) is 44.1 Å². The van der Waals surface area contributed by atoms with Gasteiger partial charge in [-0.05, 0) is 62.6 Å². The van der Waals surface area contributed by atoms with Gasteiger partial charge in [-0.2, -0.15) is 5.26 Å². The Morgan fingerprint density at radius 1 is 1.20 bits per heavy atom. The molecular formula is C22H28FN3O3S. The van der Waals surface area contributed by atoms with Crippen molar-refractivity contribution >= 4 is 28.7 Å². The molecule has 1 aromatic carbocycles. The van der Waals surface area contributed by atoms with E-state index in [-0.39, 0.29) is 0 Å². The lowest BCUT2D eigenvalue weighted by Crippen LogP contribution is -2.46. The molecule has 0 aromatic heterocycles. The Hall–Kier alpha value is -2.08. The topological polar surface area (TPSA) is 87.8 Å². The van der Waals surface area contributed by atoms with Crippen LogP contribution in [-0.4, -0.2) is 64.3 Å². The summed E-state index contributed by atoms with van der Waals surface area (Å²) in [4.78, 5) is 16.2. The number of hydrogen-bond acceptors (Lipinski definition) is 6. The van der Waals surface area contributed by atoms with E-state index in [0.29, 0.717) is 35.9 Å². The van der Waals surface area contributed by atoms with Gasteiger partial charge in [-0.1, -0.05) is 12.2 Å². The molecule has 2 heterocycles. The number of anilines is 1. The van der Waals surface area contributed by atoms with Crippen molar-refractivity contribution < 1.29 is 19.4 Å². The molecule has 3 rings (SSSR count). The Morgan fingerprint density at radius 3 is 2.50 bits per heavy atom. The van der Waals surface area contributed by atoms with Crippen LogP contribution in [0.25, 0.3) is 0 Å². The molecule has 30 heavy (non-hydrogen) atoms. The molecule has 2 aliphatic heterocycles. The summed E-state index contributed by atoms with van der Waals surface area (Å²) in [6, 6.07) is 6.34. The van der Waals surface area contributed by atoms with E-state index in [1.54, 1.807) is 11.0 Å². The van der Waals surface area contributed by atoms with Gasteiger partial charge in [0.2, 0.25) is 0 Å². The van der Waals surface area contributed by atoms with Crippen LogP contribution in [-0.2, 0) is 4.79 Å². The average Bonchev–Trinajstić information content (AvgIpc) is 3.31. The lowest BCUT2D eigenvalue weighted by molar-refractivity contribution is -0.142. The number of benzene rings is 1. The molecule has 2 fully saturated rings. The van der Waals surface area contributed by atoms with Gasteiger partial charge in [0.25, 0.3) is 5.91 Å².